The predicted octanol–water partition coefficient (Wildman–Crippen LogP) is 2.99. The number of aliphatic imine (C=N–C) groups is 1. The highest BCUT2D eigenvalue weighted by molar-refractivity contribution is 6.35. The van der Waals surface area contributed by atoms with Crippen LogP contribution in [-0.2, 0) is 0 Å². The lowest BCUT2D eigenvalue weighted by atomic mass is 10.1. The summed E-state index contributed by atoms with van der Waals surface area (Å²) < 4.78 is 0. The molecule has 3 rings (SSSR count). The van der Waals surface area contributed by atoms with E-state index in [1.54, 1.807) is 23.1 Å². The van der Waals surface area contributed by atoms with Crippen molar-refractivity contribution in [3.8, 4) is 0 Å². The molecule has 94 valence electrons. The highest BCUT2D eigenvalue weighted by Crippen LogP contribution is 2.40. The van der Waals surface area contributed by atoms with E-state index >= 15 is 0 Å². The zero-order valence-electron chi connectivity index (χ0n) is 9.44. The van der Waals surface area contributed by atoms with Crippen LogP contribution in [0.15, 0.2) is 23.2 Å². The van der Waals surface area contributed by atoms with Gasteiger partial charge in [-0.05, 0) is 25.0 Å². The third kappa shape index (κ3) is 1.85. The van der Waals surface area contributed by atoms with Crippen molar-refractivity contribution in [2.24, 2.45) is 10.7 Å². The molecule has 2 amide bonds. The second kappa shape index (κ2) is 4.14. The van der Waals surface area contributed by atoms with Crippen molar-refractivity contribution in [3.63, 3.8) is 0 Å². The van der Waals surface area contributed by atoms with Gasteiger partial charge in [0.05, 0.1) is 0 Å². The molecule has 0 aromatic heterocycles. The highest BCUT2D eigenvalue weighted by atomic mass is 35.5. The van der Waals surface area contributed by atoms with Gasteiger partial charge in [0.25, 0.3) is 0 Å². The predicted molar refractivity (Wildman–Crippen MR) is 71.1 cm³/mol. The summed E-state index contributed by atoms with van der Waals surface area (Å²) in [6.45, 7) is 0. The lowest BCUT2D eigenvalue weighted by molar-refractivity contribution is 0.203. The van der Waals surface area contributed by atoms with Crippen LogP contribution in [-0.4, -0.2) is 22.8 Å². The molecule has 0 spiro atoms. The van der Waals surface area contributed by atoms with Gasteiger partial charge in [-0.3, -0.25) is 0 Å². The number of amidine groups is 1. The van der Waals surface area contributed by atoms with Crippen LogP contribution in [0.2, 0.25) is 10.0 Å². The van der Waals surface area contributed by atoms with E-state index in [1.165, 1.54) is 0 Å². The smallest absolute Gasteiger partial charge is 0.346 e. The molecule has 1 atom stereocenters. The van der Waals surface area contributed by atoms with Crippen molar-refractivity contribution in [3.05, 3.63) is 33.8 Å². The van der Waals surface area contributed by atoms with E-state index < -0.39 is 0 Å². The molecule has 1 aromatic rings. The molecule has 18 heavy (non-hydrogen) atoms. The molecule has 4 nitrogen and oxygen atoms in total. The zero-order valence-corrected chi connectivity index (χ0v) is 10.9. The zero-order chi connectivity index (χ0) is 12.9. The molecule has 0 radical (unpaired) electrons. The lowest BCUT2D eigenvalue weighted by Gasteiger charge is -2.25. The van der Waals surface area contributed by atoms with E-state index in [1.807, 2.05) is 0 Å². The number of carbonyl (C=O) groups excluding carboxylic acids is 1. The summed E-state index contributed by atoms with van der Waals surface area (Å²) in [7, 11) is 0. The van der Waals surface area contributed by atoms with Crippen LogP contribution < -0.4 is 5.73 Å². The number of halogens is 2. The third-order valence-electron chi connectivity index (χ3n) is 3.20. The third-order valence-corrected chi connectivity index (χ3v) is 3.76. The maximum Gasteiger partial charge on any atom is 0.346 e. The minimum Gasteiger partial charge on any atom is -0.385 e. The molecule has 6 heteroatoms. The fourth-order valence-corrected chi connectivity index (χ4v) is 2.75. The number of amides is 2. The summed E-state index contributed by atoms with van der Waals surface area (Å²) >= 11 is 12.1. The van der Waals surface area contributed by atoms with E-state index in [0.29, 0.717) is 15.9 Å². The van der Waals surface area contributed by atoms with Gasteiger partial charge in [-0.15, -0.1) is 0 Å². The Balaban J connectivity index is 2.03. The van der Waals surface area contributed by atoms with Crippen LogP contribution in [0.3, 0.4) is 0 Å². The Morgan fingerprint density at radius 1 is 1.33 bits per heavy atom. The number of carbonyl (C=O) groups is 1. The van der Waals surface area contributed by atoms with Crippen LogP contribution in [0.4, 0.5) is 4.79 Å². The first kappa shape index (κ1) is 11.8. The standard InChI is InChI=1S/C12H11Cl2N3O/c13-6-1-4-8(9(14)5-6)10-11(15)16-12(18)17(10)7-2-3-7/h1,4-5,7,10H,2-3H2,(H2,15,16,18). The highest BCUT2D eigenvalue weighted by Gasteiger charge is 2.44. The van der Waals surface area contributed by atoms with Crippen molar-refractivity contribution in [2.75, 3.05) is 0 Å². The maximum atomic E-state index is 11.8. The van der Waals surface area contributed by atoms with Gasteiger partial charge in [0, 0.05) is 21.7 Å². The van der Waals surface area contributed by atoms with E-state index in [-0.39, 0.29) is 18.1 Å². The summed E-state index contributed by atoms with van der Waals surface area (Å²) in [4.78, 5) is 17.4. The topological polar surface area (TPSA) is 58.7 Å². The number of hydrogen-bond acceptors (Lipinski definition) is 2. The summed E-state index contributed by atoms with van der Waals surface area (Å²) in [5, 5.41) is 1.06. The SMILES string of the molecule is NC1=NC(=O)N(C2CC2)C1c1ccc(Cl)cc1Cl. The Morgan fingerprint density at radius 2 is 2.06 bits per heavy atom. The van der Waals surface area contributed by atoms with Crippen LogP contribution in [0.25, 0.3) is 0 Å². The van der Waals surface area contributed by atoms with E-state index in [9.17, 15) is 4.79 Å². The largest absolute Gasteiger partial charge is 0.385 e. The normalized spacial score (nSPS) is 23.4. The number of benzene rings is 1. The van der Waals surface area contributed by atoms with Crippen molar-refractivity contribution in [2.45, 2.75) is 24.9 Å². The molecule has 1 aromatic carbocycles. The molecule has 1 heterocycles. The van der Waals surface area contributed by atoms with Gasteiger partial charge >= 0.3 is 6.03 Å². The van der Waals surface area contributed by atoms with Crippen molar-refractivity contribution in [1.29, 1.82) is 0 Å². The average Bonchev–Trinajstić information content (AvgIpc) is 3.06. The fourth-order valence-electron chi connectivity index (χ4n) is 2.23. The van der Waals surface area contributed by atoms with E-state index in [2.05, 4.69) is 4.99 Å². The number of rotatable bonds is 2. The number of nitrogens with two attached hydrogens (primary N) is 1. The van der Waals surface area contributed by atoms with Gasteiger partial charge in [-0.1, -0.05) is 29.3 Å². The summed E-state index contributed by atoms with van der Waals surface area (Å²) in [6.07, 6.45) is 1.99. The van der Waals surface area contributed by atoms with Crippen molar-refractivity contribution in [1.82, 2.24) is 4.90 Å². The molecule has 2 aliphatic rings. The van der Waals surface area contributed by atoms with E-state index in [4.69, 9.17) is 28.9 Å². The molecular formula is C12H11Cl2N3O. The van der Waals surface area contributed by atoms with Crippen molar-refractivity contribution < 1.29 is 4.79 Å². The molecule has 0 saturated heterocycles. The van der Waals surface area contributed by atoms with Gasteiger partial charge in [0.15, 0.2) is 0 Å². The monoisotopic (exact) mass is 283 g/mol. The first-order valence-electron chi connectivity index (χ1n) is 5.69. The number of urea groups is 1. The van der Waals surface area contributed by atoms with Crippen LogP contribution in [0.1, 0.15) is 24.4 Å². The quantitative estimate of drug-likeness (QED) is 0.907. The Hall–Kier alpha value is -1.26. The van der Waals surface area contributed by atoms with Gasteiger partial charge in [0.1, 0.15) is 11.9 Å². The Bertz CT molecular complexity index is 554. The average molecular weight is 284 g/mol. The van der Waals surface area contributed by atoms with Gasteiger partial charge in [0.2, 0.25) is 0 Å². The molecule has 1 fully saturated rings. The molecule has 0 bridgehead atoms. The molecule has 1 unspecified atom stereocenters. The molecule has 2 N–H and O–H groups in total. The first-order valence-corrected chi connectivity index (χ1v) is 6.45. The number of hydrogen-bond donors (Lipinski definition) is 1. The Labute approximate surface area is 114 Å². The van der Waals surface area contributed by atoms with Crippen LogP contribution >= 0.6 is 23.2 Å². The molecule has 1 saturated carbocycles. The Morgan fingerprint density at radius 3 is 2.67 bits per heavy atom. The van der Waals surface area contributed by atoms with Crippen LogP contribution in [0.5, 0.6) is 0 Å². The first-order chi connectivity index (χ1) is 8.58. The molecular weight excluding hydrogens is 273 g/mol. The second-order valence-electron chi connectivity index (χ2n) is 4.53. The van der Waals surface area contributed by atoms with E-state index in [0.717, 1.165) is 18.4 Å². The Kier molecular flexibility index (Phi) is 2.72. The maximum absolute atomic E-state index is 11.8. The molecule has 1 aliphatic carbocycles. The fraction of sp³-hybridized carbons (Fsp3) is 0.333. The molecule has 1 aliphatic heterocycles. The summed E-state index contributed by atoms with van der Waals surface area (Å²) in [5.41, 5.74) is 6.64. The van der Waals surface area contributed by atoms with Crippen LogP contribution in [0, 0.1) is 0 Å². The summed E-state index contributed by atoms with van der Waals surface area (Å²) in [5.74, 6) is 0.302. The summed E-state index contributed by atoms with van der Waals surface area (Å²) in [6, 6.07) is 4.80. The minimum atomic E-state index is -0.352. The lowest BCUT2D eigenvalue weighted by Crippen LogP contribution is -2.35. The second-order valence-corrected chi connectivity index (χ2v) is 5.37. The van der Waals surface area contributed by atoms with Gasteiger partial charge in [-0.2, -0.15) is 4.99 Å². The number of nitrogens with zero attached hydrogens (tertiary/aromatic N) is 2. The minimum absolute atomic E-state index is 0.235. The van der Waals surface area contributed by atoms with Gasteiger partial charge in [-0.25, -0.2) is 4.79 Å². The van der Waals surface area contributed by atoms with Crippen molar-refractivity contribution >= 4 is 35.1 Å². The van der Waals surface area contributed by atoms with Gasteiger partial charge < -0.3 is 10.6 Å².